The third kappa shape index (κ3) is 5.13. The smallest absolute Gasteiger partial charge is 0.264 e. The van der Waals surface area contributed by atoms with Crippen LogP contribution in [0.15, 0.2) is 77.7 Å². The fourth-order valence-electron chi connectivity index (χ4n) is 2.89. The molecule has 3 aromatic carbocycles. The molecule has 3 aromatic rings. The lowest BCUT2D eigenvalue weighted by atomic mass is 10.2. The second-order valence-electron chi connectivity index (χ2n) is 6.42. The number of hydrogen-bond donors (Lipinski definition) is 1. The van der Waals surface area contributed by atoms with Crippen LogP contribution in [0.1, 0.15) is 0 Å². The van der Waals surface area contributed by atoms with Gasteiger partial charge in [-0.25, -0.2) is 12.8 Å². The van der Waals surface area contributed by atoms with Crippen LogP contribution < -0.4 is 19.1 Å². The van der Waals surface area contributed by atoms with Crippen molar-refractivity contribution in [1.29, 1.82) is 0 Å². The number of hydrogen-bond acceptors (Lipinski definition) is 5. The van der Waals surface area contributed by atoms with E-state index >= 15 is 0 Å². The molecule has 0 aliphatic rings. The van der Waals surface area contributed by atoms with Crippen molar-refractivity contribution in [3.63, 3.8) is 0 Å². The van der Waals surface area contributed by atoms with E-state index in [-0.39, 0.29) is 10.6 Å². The molecule has 0 fully saturated rings. The maximum Gasteiger partial charge on any atom is 0.264 e. The van der Waals surface area contributed by atoms with Gasteiger partial charge in [-0.1, -0.05) is 18.2 Å². The Morgan fingerprint density at radius 2 is 1.58 bits per heavy atom. The van der Waals surface area contributed by atoms with E-state index in [2.05, 4.69) is 5.32 Å². The molecule has 1 N–H and O–H groups in total. The van der Waals surface area contributed by atoms with Gasteiger partial charge in [0.15, 0.2) is 11.5 Å². The lowest BCUT2D eigenvalue weighted by Gasteiger charge is -2.24. The Bertz CT molecular complexity index is 1150. The first-order valence-electron chi connectivity index (χ1n) is 9.20. The Balaban J connectivity index is 1.90. The van der Waals surface area contributed by atoms with Crippen molar-refractivity contribution < 1.29 is 27.1 Å². The van der Waals surface area contributed by atoms with Crippen molar-refractivity contribution in [3.8, 4) is 11.5 Å². The standard InChI is InChI=1S/C22H21FN2O5S/c1-29-20-13-10-17(14-21(20)30-2)24-22(26)15-25(18-11-8-16(23)9-12-18)31(27,28)19-6-4-3-5-7-19/h3-14H,15H2,1-2H3,(H,24,26). The molecule has 0 bridgehead atoms. The first kappa shape index (κ1) is 22.1. The lowest BCUT2D eigenvalue weighted by Crippen LogP contribution is -2.38. The second kappa shape index (κ2) is 9.48. The Kier molecular flexibility index (Phi) is 6.76. The van der Waals surface area contributed by atoms with Crippen LogP contribution in [-0.4, -0.2) is 35.1 Å². The van der Waals surface area contributed by atoms with Gasteiger partial charge in [-0.15, -0.1) is 0 Å². The highest BCUT2D eigenvalue weighted by atomic mass is 32.2. The van der Waals surface area contributed by atoms with Crippen molar-refractivity contribution in [2.24, 2.45) is 0 Å². The molecule has 9 heteroatoms. The fourth-order valence-corrected chi connectivity index (χ4v) is 4.33. The summed E-state index contributed by atoms with van der Waals surface area (Å²) in [4.78, 5) is 12.7. The Labute approximate surface area is 180 Å². The average Bonchev–Trinajstić information content (AvgIpc) is 2.78. The minimum atomic E-state index is -4.07. The normalized spacial score (nSPS) is 10.9. The molecular weight excluding hydrogens is 423 g/mol. The van der Waals surface area contributed by atoms with Crippen molar-refractivity contribution in [2.45, 2.75) is 4.90 Å². The number of amides is 1. The molecule has 0 radical (unpaired) electrons. The van der Waals surface area contributed by atoms with Gasteiger partial charge in [-0.3, -0.25) is 9.10 Å². The summed E-state index contributed by atoms with van der Waals surface area (Å²) in [6.07, 6.45) is 0. The van der Waals surface area contributed by atoms with E-state index in [0.29, 0.717) is 17.2 Å². The lowest BCUT2D eigenvalue weighted by molar-refractivity contribution is -0.114. The van der Waals surface area contributed by atoms with Crippen LogP contribution in [0.25, 0.3) is 0 Å². The van der Waals surface area contributed by atoms with Crippen LogP contribution in [0.4, 0.5) is 15.8 Å². The van der Waals surface area contributed by atoms with Crippen LogP contribution in [-0.2, 0) is 14.8 Å². The van der Waals surface area contributed by atoms with E-state index in [4.69, 9.17) is 9.47 Å². The summed E-state index contributed by atoms with van der Waals surface area (Å²) in [6, 6.07) is 17.4. The summed E-state index contributed by atoms with van der Waals surface area (Å²) in [5.74, 6) is -0.209. The number of nitrogens with one attached hydrogen (secondary N) is 1. The topological polar surface area (TPSA) is 84.9 Å². The summed E-state index contributed by atoms with van der Waals surface area (Å²) >= 11 is 0. The van der Waals surface area contributed by atoms with Crippen molar-refractivity contribution >= 4 is 27.3 Å². The molecular formula is C22H21FN2O5S. The number of anilines is 2. The zero-order chi connectivity index (χ0) is 22.4. The summed E-state index contributed by atoms with van der Waals surface area (Å²) in [5, 5.41) is 2.65. The third-order valence-corrected chi connectivity index (χ3v) is 6.19. The fraction of sp³-hybridized carbons (Fsp3) is 0.136. The van der Waals surface area contributed by atoms with Gasteiger partial charge in [-0.2, -0.15) is 0 Å². The monoisotopic (exact) mass is 444 g/mol. The molecule has 0 unspecified atom stereocenters. The molecule has 7 nitrogen and oxygen atoms in total. The van der Waals surface area contributed by atoms with Crippen molar-refractivity contribution in [1.82, 2.24) is 0 Å². The summed E-state index contributed by atoms with van der Waals surface area (Å²) in [5.41, 5.74) is 0.562. The molecule has 0 aliphatic carbocycles. The van der Waals surface area contributed by atoms with Crippen molar-refractivity contribution in [2.75, 3.05) is 30.4 Å². The van der Waals surface area contributed by atoms with Crippen LogP contribution in [0.5, 0.6) is 11.5 Å². The number of methoxy groups -OCH3 is 2. The zero-order valence-corrected chi connectivity index (χ0v) is 17.7. The highest BCUT2D eigenvalue weighted by molar-refractivity contribution is 7.92. The predicted octanol–water partition coefficient (Wildman–Crippen LogP) is 3.68. The molecule has 0 atom stereocenters. The number of rotatable bonds is 8. The van der Waals surface area contributed by atoms with Crippen LogP contribution in [0.3, 0.4) is 0 Å². The summed E-state index contributed by atoms with van der Waals surface area (Å²) in [6.45, 7) is -0.517. The molecule has 3 rings (SSSR count). The first-order chi connectivity index (χ1) is 14.8. The van der Waals surface area contributed by atoms with Gasteiger partial charge in [0.05, 0.1) is 24.8 Å². The molecule has 0 heterocycles. The van der Waals surface area contributed by atoms with Crippen molar-refractivity contribution in [3.05, 3.63) is 78.6 Å². The number of carbonyl (C=O) groups excluding carboxylic acids is 1. The molecule has 0 spiro atoms. The van der Waals surface area contributed by atoms with E-state index in [9.17, 15) is 17.6 Å². The number of benzene rings is 3. The van der Waals surface area contributed by atoms with Gasteiger partial charge in [0.2, 0.25) is 5.91 Å². The van der Waals surface area contributed by atoms with Crippen LogP contribution in [0, 0.1) is 5.82 Å². The Morgan fingerprint density at radius 1 is 0.935 bits per heavy atom. The number of ether oxygens (including phenoxy) is 2. The number of carbonyl (C=O) groups is 1. The van der Waals surface area contributed by atoms with Gasteiger partial charge in [0.25, 0.3) is 10.0 Å². The van der Waals surface area contributed by atoms with Gasteiger partial charge < -0.3 is 14.8 Å². The van der Waals surface area contributed by atoms with Gasteiger partial charge in [0, 0.05) is 11.8 Å². The van der Waals surface area contributed by atoms with Gasteiger partial charge in [-0.05, 0) is 48.5 Å². The predicted molar refractivity (Wildman–Crippen MR) is 116 cm³/mol. The number of nitrogens with zero attached hydrogens (tertiary/aromatic N) is 1. The number of sulfonamides is 1. The van der Waals surface area contributed by atoms with Gasteiger partial charge >= 0.3 is 0 Å². The molecule has 162 valence electrons. The minimum Gasteiger partial charge on any atom is -0.493 e. The van der Waals surface area contributed by atoms with E-state index in [1.165, 1.54) is 38.5 Å². The highest BCUT2D eigenvalue weighted by Crippen LogP contribution is 2.30. The minimum absolute atomic E-state index is 0.0123. The molecule has 0 saturated heterocycles. The maximum atomic E-state index is 13.4. The molecule has 0 saturated carbocycles. The molecule has 31 heavy (non-hydrogen) atoms. The molecule has 1 amide bonds. The number of halogens is 1. The maximum absolute atomic E-state index is 13.4. The second-order valence-corrected chi connectivity index (χ2v) is 8.28. The summed E-state index contributed by atoms with van der Waals surface area (Å²) < 4.78 is 51.1. The zero-order valence-electron chi connectivity index (χ0n) is 16.9. The third-order valence-electron chi connectivity index (χ3n) is 4.40. The largest absolute Gasteiger partial charge is 0.493 e. The van der Waals surface area contributed by atoms with E-state index in [0.717, 1.165) is 16.4 Å². The van der Waals surface area contributed by atoms with E-state index < -0.39 is 28.3 Å². The first-order valence-corrected chi connectivity index (χ1v) is 10.6. The van der Waals surface area contributed by atoms with Gasteiger partial charge in [0.1, 0.15) is 12.4 Å². The highest BCUT2D eigenvalue weighted by Gasteiger charge is 2.27. The SMILES string of the molecule is COc1ccc(NC(=O)CN(c2ccc(F)cc2)S(=O)(=O)c2ccccc2)cc1OC. The summed E-state index contributed by atoms with van der Waals surface area (Å²) in [7, 11) is -1.12. The Hall–Kier alpha value is -3.59. The molecule has 0 aromatic heterocycles. The Morgan fingerprint density at radius 3 is 2.19 bits per heavy atom. The van der Waals surface area contributed by atoms with E-state index in [1.807, 2.05) is 0 Å². The van der Waals surface area contributed by atoms with Crippen LogP contribution >= 0.6 is 0 Å². The average molecular weight is 444 g/mol. The van der Waals surface area contributed by atoms with E-state index in [1.54, 1.807) is 36.4 Å². The van der Waals surface area contributed by atoms with Crippen LogP contribution in [0.2, 0.25) is 0 Å². The molecule has 0 aliphatic heterocycles. The quantitative estimate of drug-likeness (QED) is 0.573.